The summed E-state index contributed by atoms with van der Waals surface area (Å²) in [6.07, 6.45) is 0. The Hall–Kier alpha value is -2.48. The number of methoxy groups -OCH3 is 2. The van der Waals surface area contributed by atoms with Gasteiger partial charge in [0.05, 0.1) is 14.2 Å². The molecule has 3 aromatic carbocycles. The highest BCUT2D eigenvalue weighted by Crippen LogP contribution is 2.37. The van der Waals surface area contributed by atoms with Crippen molar-refractivity contribution in [1.29, 1.82) is 0 Å². The van der Waals surface area contributed by atoms with Crippen LogP contribution >= 0.6 is 0 Å². The maximum Gasteiger partial charge on any atom is 0.126 e. The number of rotatable bonds is 3. The lowest BCUT2D eigenvalue weighted by Crippen LogP contribution is -1.91. The molecule has 2 nitrogen and oxygen atoms in total. The second-order valence-electron chi connectivity index (χ2n) is 4.59. The van der Waals surface area contributed by atoms with Gasteiger partial charge in [-0.3, -0.25) is 0 Å². The molecule has 0 aromatic heterocycles. The van der Waals surface area contributed by atoms with E-state index in [1.54, 1.807) is 14.2 Å². The summed E-state index contributed by atoms with van der Waals surface area (Å²) in [4.78, 5) is 0. The van der Waals surface area contributed by atoms with Crippen molar-refractivity contribution < 1.29 is 9.47 Å². The lowest BCUT2D eigenvalue weighted by molar-refractivity contribution is 0.404. The Morgan fingerprint density at radius 1 is 0.700 bits per heavy atom. The zero-order valence-electron chi connectivity index (χ0n) is 11.6. The Morgan fingerprint density at radius 2 is 1.50 bits per heavy atom. The SMILES string of the molecule is COc1ccc(OC)c(-c2cccc3ccccc23)c1. The molecule has 20 heavy (non-hydrogen) atoms. The summed E-state index contributed by atoms with van der Waals surface area (Å²) in [7, 11) is 3.37. The highest BCUT2D eigenvalue weighted by molar-refractivity contribution is 5.98. The fourth-order valence-electron chi connectivity index (χ4n) is 2.48. The average molecular weight is 264 g/mol. The second-order valence-corrected chi connectivity index (χ2v) is 4.59. The molecular formula is C18H16O2. The molecule has 0 spiro atoms. The molecule has 0 bridgehead atoms. The molecule has 0 aliphatic carbocycles. The van der Waals surface area contributed by atoms with Crippen LogP contribution in [0.25, 0.3) is 21.9 Å². The molecule has 0 saturated carbocycles. The van der Waals surface area contributed by atoms with Crippen molar-refractivity contribution >= 4 is 10.8 Å². The minimum absolute atomic E-state index is 0.828. The van der Waals surface area contributed by atoms with Crippen LogP contribution in [0.3, 0.4) is 0 Å². The molecule has 0 unspecified atom stereocenters. The largest absolute Gasteiger partial charge is 0.497 e. The molecule has 0 aliphatic heterocycles. The summed E-state index contributed by atoms with van der Waals surface area (Å²) in [6.45, 7) is 0. The number of ether oxygens (including phenoxy) is 2. The van der Waals surface area contributed by atoms with E-state index in [-0.39, 0.29) is 0 Å². The molecule has 3 aromatic rings. The summed E-state index contributed by atoms with van der Waals surface area (Å²) < 4.78 is 10.8. The van der Waals surface area contributed by atoms with E-state index in [9.17, 15) is 0 Å². The van der Waals surface area contributed by atoms with Gasteiger partial charge >= 0.3 is 0 Å². The van der Waals surface area contributed by atoms with Gasteiger partial charge in [0.25, 0.3) is 0 Å². The van der Waals surface area contributed by atoms with Crippen LogP contribution in [0, 0.1) is 0 Å². The first-order valence-corrected chi connectivity index (χ1v) is 6.53. The first-order valence-electron chi connectivity index (χ1n) is 6.53. The standard InChI is InChI=1S/C18H16O2/c1-19-14-10-11-18(20-2)17(12-14)16-9-5-7-13-6-3-4-8-15(13)16/h3-12H,1-2H3. The van der Waals surface area contributed by atoms with Crippen molar-refractivity contribution in [2.24, 2.45) is 0 Å². The van der Waals surface area contributed by atoms with Crippen molar-refractivity contribution in [1.82, 2.24) is 0 Å². The van der Waals surface area contributed by atoms with Crippen molar-refractivity contribution in [3.63, 3.8) is 0 Å². The molecule has 3 rings (SSSR count). The van der Waals surface area contributed by atoms with Crippen LogP contribution in [0.4, 0.5) is 0 Å². The summed E-state index contributed by atoms with van der Waals surface area (Å²) in [5.74, 6) is 1.68. The summed E-state index contributed by atoms with van der Waals surface area (Å²) >= 11 is 0. The van der Waals surface area contributed by atoms with Gasteiger partial charge in [-0.15, -0.1) is 0 Å². The van der Waals surface area contributed by atoms with Crippen molar-refractivity contribution in [2.75, 3.05) is 14.2 Å². The maximum atomic E-state index is 5.49. The summed E-state index contributed by atoms with van der Waals surface area (Å²) in [6, 6.07) is 20.5. The van der Waals surface area contributed by atoms with Gasteiger partial charge in [-0.05, 0) is 34.5 Å². The third-order valence-electron chi connectivity index (χ3n) is 3.49. The maximum absolute atomic E-state index is 5.49. The molecule has 100 valence electrons. The first-order chi connectivity index (χ1) is 9.83. The lowest BCUT2D eigenvalue weighted by Gasteiger charge is -2.12. The van der Waals surface area contributed by atoms with Gasteiger partial charge < -0.3 is 9.47 Å². The van der Waals surface area contributed by atoms with E-state index in [0.717, 1.165) is 22.6 Å². The molecule has 0 saturated heterocycles. The van der Waals surface area contributed by atoms with Crippen LogP contribution in [0.2, 0.25) is 0 Å². The van der Waals surface area contributed by atoms with Crippen LogP contribution < -0.4 is 9.47 Å². The number of hydrogen-bond donors (Lipinski definition) is 0. The molecule has 0 atom stereocenters. The fourth-order valence-corrected chi connectivity index (χ4v) is 2.48. The zero-order chi connectivity index (χ0) is 13.9. The van der Waals surface area contributed by atoms with Crippen LogP contribution in [0.15, 0.2) is 60.7 Å². The molecule has 0 N–H and O–H groups in total. The van der Waals surface area contributed by atoms with E-state index in [1.807, 2.05) is 18.2 Å². The molecule has 0 aliphatic rings. The fraction of sp³-hybridized carbons (Fsp3) is 0.111. The van der Waals surface area contributed by atoms with Crippen molar-refractivity contribution in [3.8, 4) is 22.6 Å². The summed E-state index contributed by atoms with van der Waals surface area (Å²) in [5, 5.41) is 2.43. The van der Waals surface area contributed by atoms with Crippen molar-refractivity contribution in [2.45, 2.75) is 0 Å². The van der Waals surface area contributed by atoms with Crippen LogP contribution in [-0.4, -0.2) is 14.2 Å². The van der Waals surface area contributed by atoms with E-state index in [4.69, 9.17) is 9.47 Å². The third kappa shape index (κ3) is 2.10. The molecule has 0 radical (unpaired) electrons. The van der Waals surface area contributed by atoms with Crippen LogP contribution in [-0.2, 0) is 0 Å². The van der Waals surface area contributed by atoms with Gasteiger partial charge in [0.1, 0.15) is 11.5 Å². The van der Waals surface area contributed by atoms with E-state index < -0.39 is 0 Å². The number of benzene rings is 3. The quantitative estimate of drug-likeness (QED) is 0.692. The highest BCUT2D eigenvalue weighted by Gasteiger charge is 2.10. The highest BCUT2D eigenvalue weighted by atomic mass is 16.5. The van der Waals surface area contributed by atoms with Crippen LogP contribution in [0.5, 0.6) is 11.5 Å². The van der Waals surface area contributed by atoms with E-state index in [1.165, 1.54) is 10.8 Å². The van der Waals surface area contributed by atoms with Gasteiger partial charge in [0, 0.05) is 5.56 Å². The molecule has 0 amide bonds. The minimum Gasteiger partial charge on any atom is -0.497 e. The number of hydrogen-bond acceptors (Lipinski definition) is 2. The first kappa shape index (κ1) is 12.5. The van der Waals surface area contributed by atoms with Gasteiger partial charge in [-0.2, -0.15) is 0 Å². The minimum atomic E-state index is 0.828. The molecule has 2 heteroatoms. The Kier molecular flexibility index (Phi) is 3.30. The molecule has 0 fully saturated rings. The Morgan fingerprint density at radius 3 is 2.30 bits per heavy atom. The zero-order valence-corrected chi connectivity index (χ0v) is 11.6. The van der Waals surface area contributed by atoms with E-state index >= 15 is 0 Å². The lowest BCUT2D eigenvalue weighted by atomic mass is 9.97. The Balaban J connectivity index is 2.30. The van der Waals surface area contributed by atoms with Crippen molar-refractivity contribution in [3.05, 3.63) is 60.7 Å². The third-order valence-corrected chi connectivity index (χ3v) is 3.49. The molecule has 0 heterocycles. The van der Waals surface area contributed by atoms with Gasteiger partial charge in [0.2, 0.25) is 0 Å². The molecular weight excluding hydrogens is 248 g/mol. The van der Waals surface area contributed by atoms with Gasteiger partial charge in [0.15, 0.2) is 0 Å². The predicted molar refractivity (Wildman–Crippen MR) is 82.5 cm³/mol. The predicted octanol–water partition coefficient (Wildman–Crippen LogP) is 4.52. The van der Waals surface area contributed by atoms with Crippen LogP contribution in [0.1, 0.15) is 0 Å². The van der Waals surface area contributed by atoms with E-state index in [0.29, 0.717) is 0 Å². The second kappa shape index (κ2) is 5.25. The Bertz CT molecular complexity index is 742. The topological polar surface area (TPSA) is 18.5 Å². The van der Waals surface area contributed by atoms with Gasteiger partial charge in [-0.25, -0.2) is 0 Å². The summed E-state index contributed by atoms with van der Waals surface area (Å²) in [5.41, 5.74) is 2.20. The smallest absolute Gasteiger partial charge is 0.126 e. The monoisotopic (exact) mass is 264 g/mol. The normalized spacial score (nSPS) is 10.5. The van der Waals surface area contributed by atoms with E-state index in [2.05, 4.69) is 42.5 Å². The Labute approximate surface area is 118 Å². The average Bonchev–Trinajstić information content (AvgIpc) is 2.53. The number of fused-ring (bicyclic) bond motifs is 1. The van der Waals surface area contributed by atoms with Gasteiger partial charge in [-0.1, -0.05) is 42.5 Å².